The Balaban J connectivity index is 2.20. The Morgan fingerprint density at radius 2 is 1.48 bits per heavy atom. The molecule has 1 amide bonds. The van der Waals surface area contributed by atoms with Gasteiger partial charge in [0, 0.05) is 11.9 Å². The van der Waals surface area contributed by atoms with Crippen LogP contribution in [-0.4, -0.2) is 17.8 Å². The first-order valence-electron chi connectivity index (χ1n) is 6.18. The first-order valence-corrected chi connectivity index (χ1v) is 7.31. The molecule has 1 saturated carbocycles. The van der Waals surface area contributed by atoms with E-state index in [4.69, 9.17) is 0 Å². The molecule has 1 aromatic rings. The van der Waals surface area contributed by atoms with Crippen LogP contribution in [0.25, 0.3) is 0 Å². The van der Waals surface area contributed by atoms with Crippen molar-refractivity contribution in [3.63, 3.8) is 0 Å². The van der Waals surface area contributed by atoms with Gasteiger partial charge >= 0.3 is 0 Å². The van der Waals surface area contributed by atoms with Crippen molar-refractivity contribution in [1.29, 1.82) is 0 Å². The molecule has 1 fully saturated rings. The summed E-state index contributed by atoms with van der Waals surface area (Å²) in [5.74, 6) is -12.1. The molecule has 2 nitrogen and oxygen atoms in total. The summed E-state index contributed by atoms with van der Waals surface area (Å²) in [6.45, 7) is 0.136. The quantitative estimate of drug-likeness (QED) is 0.363. The molecule has 0 atom stereocenters. The number of halogens is 6. The first kappa shape index (κ1) is 16.2. The van der Waals surface area contributed by atoms with E-state index < -0.39 is 40.6 Å². The second-order valence-corrected chi connectivity index (χ2v) is 5.86. The minimum absolute atomic E-state index is 0.136. The number of hydrogen-bond donors (Lipinski definition) is 1. The van der Waals surface area contributed by atoms with Gasteiger partial charge in [-0.1, -0.05) is 15.9 Å². The van der Waals surface area contributed by atoms with Crippen molar-refractivity contribution in [2.45, 2.75) is 19.3 Å². The summed E-state index contributed by atoms with van der Waals surface area (Å²) in [5, 5.41) is 2.95. The van der Waals surface area contributed by atoms with Crippen molar-refractivity contribution in [1.82, 2.24) is 5.32 Å². The van der Waals surface area contributed by atoms with Crippen LogP contribution in [0.3, 0.4) is 0 Å². The molecule has 1 aliphatic carbocycles. The van der Waals surface area contributed by atoms with Crippen LogP contribution in [0.1, 0.15) is 29.6 Å². The molecule has 0 heterocycles. The van der Waals surface area contributed by atoms with Crippen LogP contribution >= 0.6 is 15.9 Å². The highest BCUT2D eigenvalue weighted by atomic mass is 79.9. The van der Waals surface area contributed by atoms with Crippen molar-refractivity contribution in [3.8, 4) is 0 Å². The van der Waals surface area contributed by atoms with Crippen LogP contribution < -0.4 is 5.32 Å². The number of benzene rings is 1. The van der Waals surface area contributed by atoms with E-state index in [1.54, 1.807) is 0 Å². The number of nitrogens with one attached hydrogen (secondary N) is 1. The summed E-state index contributed by atoms with van der Waals surface area (Å²) < 4.78 is 65.8. The fourth-order valence-electron chi connectivity index (χ4n) is 2.05. The van der Waals surface area contributed by atoms with Crippen molar-refractivity contribution < 1.29 is 26.7 Å². The van der Waals surface area contributed by atoms with Gasteiger partial charge in [0.05, 0.1) is 0 Å². The second-order valence-electron chi connectivity index (χ2n) is 5.07. The third-order valence-electron chi connectivity index (χ3n) is 3.64. The van der Waals surface area contributed by atoms with Gasteiger partial charge in [-0.05, 0) is 24.7 Å². The second kappa shape index (κ2) is 5.90. The van der Waals surface area contributed by atoms with E-state index in [-0.39, 0.29) is 12.0 Å². The molecule has 0 unspecified atom stereocenters. The van der Waals surface area contributed by atoms with Crippen LogP contribution in [0.2, 0.25) is 0 Å². The van der Waals surface area contributed by atoms with Gasteiger partial charge in [0.1, 0.15) is 5.56 Å². The zero-order valence-corrected chi connectivity index (χ0v) is 12.3. The van der Waals surface area contributed by atoms with Crippen LogP contribution in [0.15, 0.2) is 0 Å². The van der Waals surface area contributed by atoms with E-state index in [0.717, 1.165) is 19.3 Å². The summed E-state index contributed by atoms with van der Waals surface area (Å²) in [6.07, 6.45) is 2.44. The molecule has 0 aromatic heterocycles. The molecule has 1 N–H and O–H groups in total. The maximum atomic E-state index is 13.4. The van der Waals surface area contributed by atoms with Gasteiger partial charge < -0.3 is 5.32 Å². The fraction of sp³-hybridized carbons (Fsp3) is 0.462. The predicted molar refractivity (Wildman–Crippen MR) is 68.6 cm³/mol. The number of hydrogen-bond acceptors (Lipinski definition) is 1. The standard InChI is InChI=1S/C13H11BrF5NO/c14-4-3-13(1-2-13)5-20-12(21)6-7(15)9(17)11(19)10(18)8(6)16/h1-5H2,(H,20,21). The van der Waals surface area contributed by atoms with E-state index in [9.17, 15) is 26.7 Å². The molecule has 0 radical (unpaired) electrons. The number of rotatable bonds is 5. The lowest BCUT2D eigenvalue weighted by molar-refractivity contribution is 0.0932. The third kappa shape index (κ3) is 3.04. The normalized spacial score (nSPS) is 15.9. The number of amides is 1. The maximum Gasteiger partial charge on any atom is 0.257 e. The third-order valence-corrected chi connectivity index (χ3v) is 4.04. The zero-order valence-electron chi connectivity index (χ0n) is 10.7. The lowest BCUT2D eigenvalue weighted by Crippen LogP contribution is -2.32. The highest BCUT2D eigenvalue weighted by molar-refractivity contribution is 9.09. The lowest BCUT2D eigenvalue weighted by Gasteiger charge is -2.15. The molecule has 21 heavy (non-hydrogen) atoms. The lowest BCUT2D eigenvalue weighted by atomic mass is 10.0. The van der Waals surface area contributed by atoms with Gasteiger partial charge in [0.15, 0.2) is 23.3 Å². The molecule has 2 rings (SSSR count). The molecule has 8 heteroatoms. The summed E-state index contributed by atoms with van der Waals surface area (Å²) in [7, 11) is 0. The minimum atomic E-state index is -2.28. The van der Waals surface area contributed by atoms with E-state index in [2.05, 4.69) is 21.2 Å². The van der Waals surface area contributed by atoms with E-state index in [0.29, 0.717) is 5.33 Å². The highest BCUT2D eigenvalue weighted by Gasteiger charge is 2.42. The summed E-state index contributed by atoms with van der Waals surface area (Å²) >= 11 is 3.25. The monoisotopic (exact) mass is 371 g/mol. The number of carbonyl (C=O) groups excluding carboxylic acids is 1. The van der Waals surface area contributed by atoms with Gasteiger partial charge in [0.2, 0.25) is 5.82 Å². The van der Waals surface area contributed by atoms with Crippen molar-refractivity contribution in [2.75, 3.05) is 11.9 Å². The van der Waals surface area contributed by atoms with Crippen molar-refractivity contribution >= 4 is 21.8 Å². The Kier molecular flexibility index (Phi) is 4.55. The van der Waals surface area contributed by atoms with Crippen molar-refractivity contribution in [3.05, 3.63) is 34.6 Å². The molecule has 0 saturated heterocycles. The van der Waals surface area contributed by atoms with Crippen LogP contribution in [0.5, 0.6) is 0 Å². The SMILES string of the molecule is O=C(NCC1(CCBr)CC1)c1c(F)c(F)c(F)c(F)c1F. The minimum Gasteiger partial charge on any atom is -0.351 e. The molecule has 0 spiro atoms. The van der Waals surface area contributed by atoms with E-state index in [1.807, 2.05) is 0 Å². The summed E-state index contributed by atoms with van der Waals surface area (Å²) in [5.41, 5.74) is -1.59. The van der Waals surface area contributed by atoms with E-state index in [1.165, 1.54) is 0 Å². The Bertz CT molecular complexity index is 559. The van der Waals surface area contributed by atoms with Crippen molar-refractivity contribution in [2.24, 2.45) is 5.41 Å². The maximum absolute atomic E-state index is 13.4. The molecule has 1 aromatic carbocycles. The highest BCUT2D eigenvalue weighted by Crippen LogP contribution is 2.48. The number of alkyl halides is 1. The average Bonchev–Trinajstić information content (AvgIpc) is 3.22. The Morgan fingerprint density at radius 1 is 1.00 bits per heavy atom. The number of carbonyl (C=O) groups is 1. The molecule has 1 aliphatic rings. The van der Waals surface area contributed by atoms with Gasteiger partial charge in [-0.15, -0.1) is 0 Å². The molecule has 116 valence electrons. The summed E-state index contributed by atoms with van der Waals surface area (Å²) in [6, 6.07) is 0. The average molecular weight is 372 g/mol. The van der Waals surface area contributed by atoms with Crippen LogP contribution in [0.4, 0.5) is 22.0 Å². The first-order chi connectivity index (χ1) is 9.83. The van der Waals surface area contributed by atoms with Gasteiger partial charge in [-0.25, -0.2) is 22.0 Å². The molecular formula is C13H11BrF5NO. The Hall–Kier alpha value is -1.18. The summed E-state index contributed by atoms with van der Waals surface area (Å²) in [4.78, 5) is 11.7. The molecule has 0 bridgehead atoms. The van der Waals surface area contributed by atoms with E-state index >= 15 is 0 Å². The van der Waals surface area contributed by atoms with Gasteiger partial charge in [-0.2, -0.15) is 0 Å². The zero-order chi connectivity index (χ0) is 15.8. The Morgan fingerprint density at radius 3 is 1.90 bits per heavy atom. The van der Waals surface area contributed by atoms with Gasteiger partial charge in [-0.3, -0.25) is 4.79 Å². The fourth-order valence-corrected chi connectivity index (χ4v) is 2.89. The molecule has 0 aliphatic heterocycles. The van der Waals surface area contributed by atoms with Gasteiger partial charge in [0.25, 0.3) is 5.91 Å². The van der Waals surface area contributed by atoms with Crippen LogP contribution in [-0.2, 0) is 0 Å². The topological polar surface area (TPSA) is 29.1 Å². The van der Waals surface area contributed by atoms with Crippen LogP contribution in [0, 0.1) is 34.5 Å². The predicted octanol–water partition coefficient (Wildman–Crippen LogP) is 3.68. The Labute approximate surface area is 125 Å². The smallest absolute Gasteiger partial charge is 0.257 e. The molecular weight excluding hydrogens is 361 g/mol. The largest absolute Gasteiger partial charge is 0.351 e.